The van der Waals surface area contributed by atoms with Gasteiger partial charge in [0.05, 0.1) is 13.1 Å². The number of rotatable bonds is 11. The van der Waals surface area contributed by atoms with E-state index in [-0.39, 0.29) is 36.8 Å². The molecule has 2 aliphatic heterocycles. The van der Waals surface area contributed by atoms with Gasteiger partial charge in [-0.15, -0.1) is 0 Å². The fourth-order valence-electron chi connectivity index (χ4n) is 7.82. The molecule has 0 saturated carbocycles. The van der Waals surface area contributed by atoms with Gasteiger partial charge in [0.15, 0.2) is 5.69 Å². The number of piperidine rings is 2. The Hall–Kier alpha value is -5.01. The molecule has 17 nitrogen and oxygen atoms in total. The van der Waals surface area contributed by atoms with Crippen molar-refractivity contribution in [3.8, 4) is 0 Å². The number of halogens is 6. The molecule has 70 heavy (non-hydrogen) atoms. The molecule has 0 bridgehead atoms. The lowest BCUT2D eigenvalue weighted by Crippen LogP contribution is -2.49. The smallest absolute Gasteiger partial charge is 0.407 e. The Balaban J connectivity index is 0.000000233. The van der Waals surface area contributed by atoms with Gasteiger partial charge in [0, 0.05) is 66.4 Å². The van der Waals surface area contributed by atoms with Crippen LogP contribution in [0.25, 0.3) is 0 Å². The van der Waals surface area contributed by atoms with Crippen molar-refractivity contribution in [1.29, 1.82) is 0 Å². The zero-order valence-electron chi connectivity index (χ0n) is 39.3. The predicted molar refractivity (Wildman–Crippen MR) is 279 cm³/mol. The van der Waals surface area contributed by atoms with E-state index in [0.29, 0.717) is 78.0 Å². The number of carbonyl (C=O) groups excluding carboxylic acids is 3. The summed E-state index contributed by atoms with van der Waals surface area (Å²) < 4.78 is 42.8. The summed E-state index contributed by atoms with van der Waals surface area (Å²) in [6.45, 7) is 13.2. The molecule has 376 valence electrons. The number of pyridine rings is 1. The third kappa shape index (κ3) is 15.0. The Kier molecular flexibility index (Phi) is 18.2. The summed E-state index contributed by atoms with van der Waals surface area (Å²) in [5.41, 5.74) is 0.656. The summed E-state index contributed by atoms with van der Waals surface area (Å²) in [6, 6.07) is 11.1. The Labute approximate surface area is 441 Å². The van der Waals surface area contributed by atoms with Gasteiger partial charge in [0.25, 0.3) is 5.91 Å². The van der Waals surface area contributed by atoms with E-state index in [1.165, 1.54) is 41.0 Å². The summed E-state index contributed by atoms with van der Waals surface area (Å²) in [5, 5.41) is 19.2. The minimum absolute atomic E-state index is 0.00292. The number of ether oxygens (including phenoxy) is 2. The van der Waals surface area contributed by atoms with Crippen LogP contribution in [-0.2, 0) is 22.6 Å². The highest BCUT2D eigenvalue weighted by Gasteiger charge is 2.32. The van der Waals surface area contributed by atoms with Crippen molar-refractivity contribution < 1.29 is 42.5 Å². The highest BCUT2D eigenvalue weighted by atomic mass is 127. The lowest BCUT2D eigenvalue weighted by atomic mass is 10.1. The van der Waals surface area contributed by atoms with E-state index in [0.717, 1.165) is 25.7 Å². The van der Waals surface area contributed by atoms with Crippen LogP contribution in [0.1, 0.15) is 99.3 Å². The Morgan fingerprint density at radius 2 is 1.14 bits per heavy atom. The van der Waals surface area contributed by atoms with Gasteiger partial charge in [-0.3, -0.25) is 14.3 Å². The summed E-state index contributed by atoms with van der Waals surface area (Å²) in [4.78, 5) is 67.1. The third-order valence-electron chi connectivity index (χ3n) is 10.7. The number of carboxylic acids is 1. The maximum absolute atomic E-state index is 14.1. The number of nitrogens with zero attached hydrogens (tertiary/aromatic N) is 7. The van der Waals surface area contributed by atoms with Crippen LogP contribution in [0.15, 0.2) is 60.9 Å². The molecular formula is C47H54Cl2F2I2N10O7. The second-order valence-corrected chi connectivity index (χ2v) is 21.5. The molecule has 0 unspecified atom stereocenters. The second kappa shape index (κ2) is 23.5. The number of aromatic carboxylic acids is 1. The van der Waals surface area contributed by atoms with Crippen molar-refractivity contribution in [2.75, 3.05) is 41.3 Å². The molecule has 5 aromatic rings. The number of nitrogens with one attached hydrogen (secondary N) is 3. The number of hydrogen-bond acceptors (Lipinski definition) is 11. The van der Waals surface area contributed by atoms with Gasteiger partial charge in [-0.05, 0) is 172 Å². The van der Waals surface area contributed by atoms with Gasteiger partial charge < -0.3 is 44.9 Å². The molecule has 3 amide bonds. The number of carboxylic acid groups (broad SMARTS) is 1. The van der Waals surface area contributed by atoms with Crippen LogP contribution in [0.2, 0.25) is 10.0 Å². The summed E-state index contributed by atoms with van der Waals surface area (Å²) in [5.74, 6) is -1.43. The first kappa shape index (κ1) is 54.3. The molecule has 7 rings (SSSR count). The highest BCUT2D eigenvalue weighted by molar-refractivity contribution is 14.1. The summed E-state index contributed by atoms with van der Waals surface area (Å²) in [6.07, 6.45) is 5.29. The quantitative estimate of drug-likeness (QED) is 0.0915. The van der Waals surface area contributed by atoms with E-state index in [2.05, 4.69) is 25.9 Å². The number of alkyl carbamates (subject to hydrolysis) is 2. The van der Waals surface area contributed by atoms with Gasteiger partial charge in [-0.1, -0.05) is 23.2 Å². The van der Waals surface area contributed by atoms with E-state index < -0.39 is 41.0 Å². The minimum atomic E-state index is -1.14. The third-order valence-corrected chi connectivity index (χ3v) is 12.9. The van der Waals surface area contributed by atoms with Gasteiger partial charge in [-0.25, -0.2) is 33.1 Å². The Bertz CT molecular complexity index is 2700. The van der Waals surface area contributed by atoms with Crippen molar-refractivity contribution in [3.63, 3.8) is 0 Å². The Morgan fingerprint density at radius 3 is 1.57 bits per heavy atom. The largest absolute Gasteiger partial charge is 0.476 e. The summed E-state index contributed by atoms with van der Waals surface area (Å²) >= 11 is 16.5. The van der Waals surface area contributed by atoms with E-state index in [1.54, 1.807) is 49.9 Å². The number of hydrogen-bond donors (Lipinski definition) is 4. The highest BCUT2D eigenvalue weighted by Crippen LogP contribution is 2.31. The fourth-order valence-corrected chi connectivity index (χ4v) is 9.67. The first-order valence-corrected chi connectivity index (χ1v) is 25.2. The average molecular weight is 1230 g/mol. The number of aromatic nitrogens is 5. The van der Waals surface area contributed by atoms with Crippen molar-refractivity contribution in [2.24, 2.45) is 0 Å². The van der Waals surface area contributed by atoms with Crippen LogP contribution in [0.3, 0.4) is 0 Å². The first-order chi connectivity index (χ1) is 32.9. The topological polar surface area (TPSA) is 198 Å². The molecule has 0 radical (unpaired) electrons. The number of amides is 3. The molecule has 2 aromatic carbocycles. The van der Waals surface area contributed by atoms with Crippen LogP contribution in [-0.4, -0.2) is 103 Å². The standard InChI is InChI=1S/C26H29ClFIN6O3.C21H25ClFIN4O4/c1-26(2,3)38-25(37)32-19-5-4-12-34(15-19)24-33-22(29)21(23(36)31-18-8-10-30-11-9-18)35(24)14-16-13-17(28)6-7-20(16)27;1-21(2,3)32-20(31)25-14-5-4-8-27(11-14)19-26-17(24)16(18(29)30)28(19)10-12-9-13(23)6-7-15(12)22/h6-11,13,19H,4-5,12,14-15H2,1-3H3,(H,32,37)(H,30,31,36);6-7,9,14H,4-5,8,10-11H2,1-3H3,(H,25,31)(H,29,30)/t19-;14-/m11/s1. The molecule has 4 N–H and O–H groups in total. The van der Waals surface area contributed by atoms with Crippen molar-refractivity contribution in [2.45, 2.75) is 104 Å². The SMILES string of the molecule is CC(C)(C)OC(=O)N[C@@H]1CCCN(c2nc(I)c(C(=O)Nc3ccncc3)n2Cc2cc(F)ccc2Cl)C1.CC(C)(C)OC(=O)N[C@@H]1CCCN(c2nc(I)c(C(=O)O)n2Cc2cc(F)ccc2Cl)C1. The van der Waals surface area contributed by atoms with E-state index in [9.17, 15) is 33.1 Å². The van der Waals surface area contributed by atoms with Crippen LogP contribution >= 0.6 is 68.4 Å². The fraction of sp³-hybridized carbons (Fsp3) is 0.426. The molecular weight excluding hydrogens is 1180 g/mol. The maximum atomic E-state index is 14.1. The minimum Gasteiger partial charge on any atom is -0.476 e. The molecule has 23 heteroatoms. The maximum Gasteiger partial charge on any atom is 0.407 e. The van der Waals surface area contributed by atoms with Crippen molar-refractivity contribution in [3.05, 3.63) is 113 Å². The number of carbonyl (C=O) groups is 4. The van der Waals surface area contributed by atoms with Crippen LogP contribution in [0.4, 0.5) is 36.0 Å². The zero-order valence-corrected chi connectivity index (χ0v) is 45.1. The Morgan fingerprint density at radius 1 is 0.714 bits per heavy atom. The number of imidazole rings is 2. The van der Waals surface area contributed by atoms with Gasteiger partial charge >= 0.3 is 18.2 Å². The molecule has 3 aromatic heterocycles. The predicted octanol–water partition coefficient (Wildman–Crippen LogP) is 9.99. The van der Waals surface area contributed by atoms with Crippen LogP contribution in [0, 0.1) is 19.0 Å². The van der Waals surface area contributed by atoms with Crippen LogP contribution in [0.5, 0.6) is 0 Å². The van der Waals surface area contributed by atoms with Crippen molar-refractivity contribution >= 4 is 110 Å². The van der Waals surface area contributed by atoms with E-state index in [4.69, 9.17) is 37.7 Å². The van der Waals surface area contributed by atoms with Crippen LogP contribution < -0.4 is 25.8 Å². The van der Waals surface area contributed by atoms with Gasteiger partial charge in [0.1, 0.15) is 35.9 Å². The first-order valence-electron chi connectivity index (χ1n) is 22.3. The number of anilines is 3. The number of benzene rings is 2. The van der Waals surface area contributed by atoms with Gasteiger partial charge in [-0.2, -0.15) is 0 Å². The second-order valence-electron chi connectivity index (χ2n) is 18.6. The van der Waals surface area contributed by atoms with Gasteiger partial charge in [0.2, 0.25) is 11.9 Å². The lowest BCUT2D eigenvalue weighted by Gasteiger charge is -2.34. The molecule has 0 aliphatic carbocycles. The van der Waals surface area contributed by atoms with Crippen molar-refractivity contribution in [1.82, 2.24) is 34.7 Å². The van der Waals surface area contributed by atoms with E-state index in [1.807, 2.05) is 75.8 Å². The molecule has 5 heterocycles. The zero-order chi connectivity index (χ0) is 51.1. The monoisotopic (exact) mass is 1230 g/mol. The normalized spacial score (nSPS) is 16.2. The molecule has 2 saturated heterocycles. The molecule has 2 atom stereocenters. The molecule has 0 spiro atoms. The summed E-state index contributed by atoms with van der Waals surface area (Å²) in [7, 11) is 0. The molecule has 2 aliphatic rings. The lowest BCUT2D eigenvalue weighted by molar-refractivity contribution is 0.0488. The molecule has 2 fully saturated rings. The van der Waals surface area contributed by atoms with E-state index >= 15 is 0 Å². The average Bonchev–Trinajstić information content (AvgIpc) is 3.77.